The van der Waals surface area contributed by atoms with E-state index in [9.17, 15) is 5.11 Å². The van der Waals surface area contributed by atoms with Gasteiger partial charge in [0.15, 0.2) is 0 Å². The van der Waals surface area contributed by atoms with Crippen LogP contribution in [0.15, 0.2) is 18.2 Å². The van der Waals surface area contributed by atoms with Crippen LogP contribution in [-0.4, -0.2) is 5.11 Å². The second-order valence-electron chi connectivity index (χ2n) is 3.76. The van der Waals surface area contributed by atoms with Crippen molar-refractivity contribution in [3.05, 3.63) is 33.8 Å². The molecule has 1 nitrogen and oxygen atoms in total. The van der Waals surface area contributed by atoms with Crippen LogP contribution < -0.4 is 0 Å². The van der Waals surface area contributed by atoms with Gasteiger partial charge in [-0.3, -0.25) is 0 Å². The van der Waals surface area contributed by atoms with Crippen molar-refractivity contribution < 1.29 is 5.11 Å². The van der Waals surface area contributed by atoms with Crippen LogP contribution in [0.3, 0.4) is 0 Å². The molecule has 0 spiro atoms. The smallest absolute Gasteiger partial charge is 0.0894 e. The Balaban J connectivity index is 3.07. The highest BCUT2D eigenvalue weighted by atomic mass is 35.5. The van der Waals surface area contributed by atoms with Crippen LogP contribution in [-0.2, 0) is 5.60 Å². The Morgan fingerprint density at radius 1 is 1.20 bits per heavy atom. The molecule has 1 unspecified atom stereocenters. The van der Waals surface area contributed by atoms with Gasteiger partial charge in [0.2, 0.25) is 0 Å². The lowest BCUT2D eigenvalue weighted by Crippen LogP contribution is -2.24. The van der Waals surface area contributed by atoms with Crippen LogP contribution >= 0.6 is 23.2 Å². The SMILES string of the molecule is CCCC(O)(CC)c1ccc(Cl)c(Cl)c1. The first kappa shape index (κ1) is 12.8. The number of hydrogen-bond acceptors (Lipinski definition) is 1. The molecule has 1 atom stereocenters. The van der Waals surface area contributed by atoms with Crippen LogP contribution in [0, 0.1) is 0 Å². The zero-order chi connectivity index (χ0) is 11.5. The Labute approximate surface area is 101 Å². The fourth-order valence-corrected chi connectivity index (χ4v) is 2.02. The maximum absolute atomic E-state index is 10.4. The van der Waals surface area contributed by atoms with Gasteiger partial charge in [-0.2, -0.15) is 0 Å². The molecule has 0 aromatic heterocycles. The van der Waals surface area contributed by atoms with Crippen molar-refractivity contribution in [3.63, 3.8) is 0 Å². The van der Waals surface area contributed by atoms with Gasteiger partial charge in [0, 0.05) is 0 Å². The molecule has 1 N–H and O–H groups in total. The molecule has 0 fully saturated rings. The van der Waals surface area contributed by atoms with Gasteiger partial charge in [0.25, 0.3) is 0 Å². The van der Waals surface area contributed by atoms with Gasteiger partial charge in [0.1, 0.15) is 0 Å². The van der Waals surface area contributed by atoms with Crippen molar-refractivity contribution in [2.24, 2.45) is 0 Å². The lowest BCUT2D eigenvalue weighted by Gasteiger charge is -2.27. The minimum atomic E-state index is -0.775. The fraction of sp³-hybridized carbons (Fsp3) is 0.500. The Hall–Kier alpha value is -0.240. The van der Waals surface area contributed by atoms with Gasteiger partial charge in [-0.25, -0.2) is 0 Å². The van der Waals surface area contributed by atoms with Crippen molar-refractivity contribution in [3.8, 4) is 0 Å². The molecule has 0 aliphatic rings. The molecule has 0 radical (unpaired) electrons. The molecule has 1 rings (SSSR count). The summed E-state index contributed by atoms with van der Waals surface area (Å²) in [5, 5.41) is 11.4. The van der Waals surface area contributed by atoms with E-state index >= 15 is 0 Å². The number of aliphatic hydroxyl groups is 1. The summed E-state index contributed by atoms with van der Waals surface area (Å²) in [6.07, 6.45) is 2.35. The van der Waals surface area contributed by atoms with Gasteiger partial charge in [0.05, 0.1) is 15.6 Å². The van der Waals surface area contributed by atoms with Crippen molar-refractivity contribution in [2.45, 2.75) is 38.7 Å². The van der Waals surface area contributed by atoms with E-state index in [1.807, 2.05) is 13.0 Å². The van der Waals surface area contributed by atoms with Crippen molar-refractivity contribution in [2.75, 3.05) is 0 Å². The monoisotopic (exact) mass is 246 g/mol. The Bertz CT molecular complexity index is 338. The minimum absolute atomic E-state index is 0.497. The molecule has 0 aliphatic carbocycles. The third-order valence-corrected chi connectivity index (χ3v) is 3.44. The van der Waals surface area contributed by atoms with Crippen molar-refractivity contribution in [1.29, 1.82) is 0 Å². The highest BCUT2D eigenvalue weighted by Gasteiger charge is 2.26. The Kier molecular flexibility index (Phi) is 4.45. The van der Waals surface area contributed by atoms with Gasteiger partial charge >= 0.3 is 0 Å². The molecule has 0 saturated heterocycles. The van der Waals surface area contributed by atoms with Gasteiger partial charge in [-0.15, -0.1) is 0 Å². The third kappa shape index (κ3) is 2.87. The topological polar surface area (TPSA) is 20.2 Å². The van der Waals surface area contributed by atoms with E-state index in [-0.39, 0.29) is 0 Å². The summed E-state index contributed by atoms with van der Waals surface area (Å²) >= 11 is 11.8. The first-order chi connectivity index (χ1) is 7.03. The molecule has 0 saturated carbocycles. The summed E-state index contributed by atoms with van der Waals surface area (Å²) in [5.41, 5.74) is 0.0736. The zero-order valence-electron chi connectivity index (χ0n) is 9.06. The van der Waals surface area contributed by atoms with Gasteiger partial charge in [-0.05, 0) is 30.5 Å². The lowest BCUT2D eigenvalue weighted by atomic mass is 9.87. The highest BCUT2D eigenvalue weighted by molar-refractivity contribution is 6.42. The van der Waals surface area contributed by atoms with Crippen LogP contribution in [0.5, 0.6) is 0 Å². The highest BCUT2D eigenvalue weighted by Crippen LogP contribution is 2.33. The average molecular weight is 247 g/mol. The second-order valence-corrected chi connectivity index (χ2v) is 4.58. The maximum Gasteiger partial charge on any atom is 0.0894 e. The Morgan fingerprint density at radius 3 is 2.33 bits per heavy atom. The van der Waals surface area contributed by atoms with Crippen LogP contribution in [0.2, 0.25) is 10.0 Å². The molecule has 1 aromatic carbocycles. The molecule has 84 valence electrons. The van der Waals surface area contributed by atoms with E-state index in [4.69, 9.17) is 23.2 Å². The maximum atomic E-state index is 10.4. The van der Waals surface area contributed by atoms with Crippen molar-refractivity contribution >= 4 is 23.2 Å². The standard InChI is InChI=1S/C12H16Cl2O/c1-3-7-12(15,4-2)9-5-6-10(13)11(14)8-9/h5-6,8,15H,3-4,7H2,1-2H3. The number of halogens is 2. The second kappa shape index (κ2) is 5.20. The van der Waals surface area contributed by atoms with Crippen LogP contribution in [0.4, 0.5) is 0 Å². The van der Waals surface area contributed by atoms with E-state index < -0.39 is 5.60 Å². The minimum Gasteiger partial charge on any atom is -0.385 e. The molecule has 0 bridgehead atoms. The fourth-order valence-electron chi connectivity index (χ4n) is 1.72. The molecule has 0 heterocycles. The molecule has 0 aliphatic heterocycles. The van der Waals surface area contributed by atoms with Gasteiger partial charge < -0.3 is 5.11 Å². The summed E-state index contributed by atoms with van der Waals surface area (Å²) in [6, 6.07) is 5.33. The zero-order valence-corrected chi connectivity index (χ0v) is 10.6. The molecular weight excluding hydrogens is 231 g/mol. The molecular formula is C12H16Cl2O. The number of benzene rings is 1. The summed E-state index contributed by atoms with van der Waals surface area (Å²) in [6.45, 7) is 4.02. The third-order valence-electron chi connectivity index (χ3n) is 2.71. The van der Waals surface area contributed by atoms with E-state index in [2.05, 4.69) is 6.92 Å². The number of hydrogen-bond donors (Lipinski definition) is 1. The largest absolute Gasteiger partial charge is 0.385 e. The predicted octanol–water partition coefficient (Wildman–Crippen LogP) is 4.39. The summed E-state index contributed by atoms with van der Waals surface area (Å²) in [5.74, 6) is 0. The van der Waals surface area contributed by atoms with Crippen molar-refractivity contribution in [1.82, 2.24) is 0 Å². The lowest BCUT2D eigenvalue weighted by molar-refractivity contribution is 0.0226. The van der Waals surface area contributed by atoms with Crippen LogP contribution in [0.25, 0.3) is 0 Å². The first-order valence-corrected chi connectivity index (χ1v) is 5.97. The molecule has 1 aromatic rings. The van der Waals surface area contributed by atoms with E-state index in [0.29, 0.717) is 16.5 Å². The molecule has 0 amide bonds. The van der Waals surface area contributed by atoms with Crippen LogP contribution in [0.1, 0.15) is 38.7 Å². The normalized spacial score (nSPS) is 15.0. The number of rotatable bonds is 4. The quantitative estimate of drug-likeness (QED) is 0.836. The predicted molar refractivity (Wildman–Crippen MR) is 65.6 cm³/mol. The molecule has 3 heteroatoms. The first-order valence-electron chi connectivity index (χ1n) is 5.21. The van der Waals surface area contributed by atoms with Gasteiger partial charge in [-0.1, -0.05) is 49.5 Å². The molecule has 15 heavy (non-hydrogen) atoms. The van der Waals surface area contributed by atoms with E-state index in [0.717, 1.165) is 18.4 Å². The summed E-state index contributed by atoms with van der Waals surface area (Å²) in [4.78, 5) is 0. The van der Waals surface area contributed by atoms with E-state index in [1.54, 1.807) is 12.1 Å². The van der Waals surface area contributed by atoms with E-state index in [1.165, 1.54) is 0 Å². The summed E-state index contributed by atoms with van der Waals surface area (Å²) in [7, 11) is 0. The Morgan fingerprint density at radius 2 is 1.87 bits per heavy atom. The summed E-state index contributed by atoms with van der Waals surface area (Å²) < 4.78 is 0. The average Bonchev–Trinajstić information content (AvgIpc) is 2.22.